The molecule has 1 N–H and O–H groups in total. The summed E-state index contributed by atoms with van der Waals surface area (Å²) in [5.74, 6) is 2.58. The number of nitrogens with zero attached hydrogens (tertiary/aromatic N) is 3. The summed E-state index contributed by atoms with van der Waals surface area (Å²) in [7, 11) is 1.95. The van der Waals surface area contributed by atoms with Crippen LogP contribution in [0.3, 0.4) is 0 Å². The first-order valence-electron chi connectivity index (χ1n) is 5.92. The second kappa shape index (κ2) is 4.95. The van der Waals surface area contributed by atoms with E-state index in [4.69, 9.17) is 0 Å². The van der Waals surface area contributed by atoms with E-state index in [-0.39, 0.29) is 5.41 Å². The van der Waals surface area contributed by atoms with E-state index >= 15 is 0 Å². The molecule has 1 heterocycles. The molecule has 16 heavy (non-hydrogen) atoms. The second-order valence-electron chi connectivity index (χ2n) is 5.75. The van der Waals surface area contributed by atoms with Gasteiger partial charge in [0.2, 0.25) is 0 Å². The van der Waals surface area contributed by atoms with Crippen LogP contribution in [0.4, 0.5) is 0 Å². The molecular formula is C12H24N4. The number of aryl methyl sites for hydroxylation is 1. The first-order valence-corrected chi connectivity index (χ1v) is 5.92. The molecule has 92 valence electrons. The average molecular weight is 224 g/mol. The Kier molecular flexibility index (Phi) is 4.08. The van der Waals surface area contributed by atoms with Gasteiger partial charge in [-0.25, -0.2) is 4.98 Å². The van der Waals surface area contributed by atoms with E-state index in [0.29, 0.717) is 5.92 Å². The van der Waals surface area contributed by atoms with Gasteiger partial charge in [-0.1, -0.05) is 34.6 Å². The monoisotopic (exact) mass is 224 g/mol. The van der Waals surface area contributed by atoms with Crippen molar-refractivity contribution in [2.24, 2.45) is 13.0 Å². The molecule has 0 aliphatic rings. The molecule has 0 aliphatic heterocycles. The molecule has 0 amide bonds. The van der Waals surface area contributed by atoms with E-state index in [2.05, 4.69) is 50.0 Å². The smallest absolute Gasteiger partial charge is 0.156 e. The molecule has 0 saturated carbocycles. The van der Waals surface area contributed by atoms with Crippen molar-refractivity contribution < 1.29 is 0 Å². The zero-order valence-electron chi connectivity index (χ0n) is 11.3. The highest BCUT2D eigenvalue weighted by atomic mass is 15.3. The van der Waals surface area contributed by atoms with Crippen LogP contribution in [0.5, 0.6) is 0 Å². The van der Waals surface area contributed by atoms with Crippen molar-refractivity contribution in [1.29, 1.82) is 0 Å². The third kappa shape index (κ3) is 3.59. The maximum absolute atomic E-state index is 4.57. The molecule has 1 aromatic heterocycles. The van der Waals surface area contributed by atoms with Crippen molar-refractivity contribution in [3.8, 4) is 0 Å². The standard InChI is InChI=1S/C12H24N4/c1-9(2)7-13-8-10-14-11(12(3,4)5)15-16(10)6/h9,13H,7-8H2,1-6H3. The van der Waals surface area contributed by atoms with Gasteiger partial charge in [0.15, 0.2) is 5.82 Å². The lowest BCUT2D eigenvalue weighted by Crippen LogP contribution is -2.21. The Morgan fingerprint density at radius 2 is 1.94 bits per heavy atom. The first kappa shape index (κ1) is 13.2. The van der Waals surface area contributed by atoms with Gasteiger partial charge in [-0.15, -0.1) is 0 Å². The van der Waals surface area contributed by atoms with Crippen molar-refractivity contribution in [1.82, 2.24) is 20.1 Å². The van der Waals surface area contributed by atoms with Gasteiger partial charge in [0.1, 0.15) is 5.82 Å². The number of rotatable bonds is 4. The molecule has 4 heteroatoms. The topological polar surface area (TPSA) is 42.7 Å². The zero-order chi connectivity index (χ0) is 12.3. The van der Waals surface area contributed by atoms with Crippen molar-refractivity contribution in [2.45, 2.75) is 46.6 Å². The largest absolute Gasteiger partial charge is 0.310 e. The zero-order valence-corrected chi connectivity index (χ0v) is 11.3. The minimum absolute atomic E-state index is 0.0219. The summed E-state index contributed by atoms with van der Waals surface area (Å²) in [5.41, 5.74) is 0.0219. The fourth-order valence-electron chi connectivity index (χ4n) is 1.36. The lowest BCUT2D eigenvalue weighted by molar-refractivity contribution is 0.530. The van der Waals surface area contributed by atoms with Crippen LogP contribution < -0.4 is 5.32 Å². The fourth-order valence-corrected chi connectivity index (χ4v) is 1.36. The van der Waals surface area contributed by atoms with Crippen LogP contribution in [0, 0.1) is 5.92 Å². The number of hydrogen-bond donors (Lipinski definition) is 1. The Labute approximate surface area is 98.5 Å². The highest BCUT2D eigenvalue weighted by Gasteiger charge is 2.20. The van der Waals surface area contributed by atoms with Gasteiger partial charge < -0.3 is 5.32 Å². The third-order valence-corrected chi connectivity index (χ3v) is 2.36. The molecule has 0 radical (unpaired) electrons. The van der Waals surface area contributed by atoms with E-state index < -0.39 is 0 Å². The maximum Gasteiger partial charge on any atom is 0.156 e. The number of aromatic nitrogens is 3. The van der Waals surface area contributed by atoms with E-state index in [1.54, 1.807) is 0 Å². The molecular weight excluding hydrogens is 200 g/mol. The van der Waals surface area contributed by atoms with Gasteiger partial charge in [-0.2, -0.15) is 5.10 Å². The quantitative estimate of drug-likeness (QED) is 0.849. The second-order valence-corrected chi connectivity index (χ2v) is 5.75. The molecule has 0 saturated heterocycles. The van der Waals surface area contributed by atoms with Crippen LogP contribution in [-0.4, -0.2) is 21.3 Å². The van der Waals surface area contributed by atoms with E-state index in [1.165, 1.54) is 0 Å². The van der Waals surface area contributed by atoms with Crippen LogP contribution >= 0.6 is 0 Å². The van der Waals surface area contributed by atoms with Crippen molar-refractivity contribution >= 4 is 0 Å². The van der Waals surface area contributed by atoms with E-state index in [0.717, 1.165) is 24.7 Å². The molecule has 0 atom stereocenters. The summed E-state index contributed by atoms with van der Waals surface area (Å²) < 4.78 is 1.87. The number of hydrogen-bond acceptors (Lipinski definition) is 3. The third-order valence-electron chi connectivity index (χ3n) is 2.36. The molecule has 0 aromatic carbocycles. The molecule has 0 aliphatic carbocycles. The highest BCUT2D eigenvalue weighted by molar-refractivity contribution is 5.03. The molecule has 1 rings (SSSR count). The Bertz CT molecular complexity index is 333. The Morgan fingerprint density at radius 3 is 2.38 bits per heavy atom. The molecule has 1 aromatic rings. The van der Waals surface area contributed by atoms with Gasteiger partial charge >= 0.3 is 0 Å². The van der Waals surface area contributed by atoms with E-state index in [1.807, 2.05) is 11.7 Å². The summed E-state index contributed by atoms with van der Waals surface area (Å²) in [6, 6.07) is 0. The van der Waals surface area contributed by atoms with Crippen LogP contribution in [0.2, 0.25) is 0 Å². The summed E-state index contributed by atoms with van der Waals surface area (Å²) in [4.78, 5) is 4.57. The minimum Gasteiger partial charge on any atom is -0.310 e. The van der Waals surface area contributed by atoms with Crippen molar-refractivity contribution in [3.63, 3.8) is 0 Å². The Hall–Kier alpha value is -0.900. The molecule has 4 nitrogen and oxygen atoms in total. The summed E-state index contributed by atoms with van der Waals surface area (Å²) in [6.45, 7) is 12.6. The minimum atomic E-state index is 0.0219. The lowest BCUT2D eigenvalue weighted by atomic mass is 9.96. The van der Waals surface area contributed by atoms with Crippen LogP contribution in [-0.2, 0) is 19.0 Å². The Balaban J connectivity index is 2.64. The van der Waals surface area contributed by atoms with Gasteiger partial charge in [-0.05, 0) is 12.5 Å². The van der Waals surface area contributed by atoms with Gasteiger partial charge in [0, 0.05) is 12.5 Å². The predicted octanol–water partition coefficient (Wildman–Crippen LogP) is 1.86. The van der Waals surface area contributed by atoms with Gasteiger partial charge in [0.25, 0.3) is 0 Å². The van der Waals surface area contributed by atoms with Crippen LogP contribution in [0.1, 0.15) is 46.3 Å². The van der Waals surface area contributed by atoms with Crippen molar-refractivity contribution in [3.05, 3.63) is 11.6 Å². The summed E-state index contributed by atoms with van der Waals surface area (Å²) >= 11 is 0. The van der Waals surface area contributed by atoms with Gasteiger partial charge in [-0.3, -0.25) is 4.68 Å². The average Bonchev–Trinajstić information content (AvgIpc) is 2.46. The maximum atomic E-state index is 4.57. The van der Waals surface area contributed by atoms with Crippen molar-refractivity contribution in [2.75, 3.05) is 6.54 Å². The van der Waals surface area contributed by atoms with Gasteiger partial charge in [0.05, 0.1) is 6.54 Å². The summed E-state index contributed by atoms with van der Waals surface area (Å²) in [6.07, 6.45) is 0. The normalized spacial score (nSPS) is 12.4. The first-order chi connectivity index (χ1) is 7.30. The fraction of sp³-hybridized carbons (Fsp3) is 0.833. The Morgan fingerprint density at radius 1 is 1.31 bits per heavy atom. The van der Waals surface area contributed by atoms with E-state index in [9.17, 15) is 0 Å². The van der Waals surface area contributed by atoms with Crippen LogP contribution in [0.25, 0.3) is 0 Å². The summed E-state index contributed by atoms with van der Waals surface area (Å²) in [5, 5.41) is 7.83. The predicted molar refractivity (Wildman–Crippen MR) is 66.2 cm³/mol. The molecule has 0 spiro atoms. The molecule has 0 fully saturated rings. The van der Waals surface area contributed by atoms with Crippen LogP contribution in [0.15, 0.2) is 0 Å². The highest BCUT2D eigenvalue weighted by Crippen LogP contribution is 2.18. The number of nitrogens with one attached hydrogen (secondary N) is 1. The SMILES string of the molecule is CC(C)CNCc1nc(C(C)(C)C)nn1C. The molecule has 0 unspecified atom stereocenters. The lowest BCUT2D eigenvalue weighted by Gasteiger charge is -2.12. The molecule has 0 bridgehead atoms.